The number of benzene rings is 1. The minimum absolute atomic E-state index is 0.0466. The van der Waals surface area contributed by atoms with Crippen LogP contribution in [0.25, 0.3) is 0 Å². The average Bonchev–Trinajstić information content (AvgIpc) is 2.42. The molecular formula is C11H11BrClNO5S. The topological polar surface area (TPSA) is 83.9 Å². The van der Waals surface area contributed by atoms with Crippen molar-refractivity contribution >= 4 is 43.5 Å². The van der Waals surface area contributed by atoms with Gasteiger partial charge in [0.1, 0.15) is 0 Å². The number of halogens is 2. The quantitative estimate of drug-likeness (QED) is 0.855. The Morgan fingerprint density at radius 3 is 2.80 bits per heavy atom. The molecule has 6 nitrogen and oxygen atoms in total. The molecule has 2 rings (SSSR count). The Bertz CT molecular complexity index is 636. The molecule has 1 aromatic carbocycles. The number of morpholine rings is 1. The molecule has 20 heavy (non-hydrogen) atoms. The van der Waals surface area contributed by atoms with Gasteiger partial charge in [0, 0.05) is 11.0 Å². The van der Waals surface area contributed by atoms with E-state index in [0.717, 1.165) is 4.31 Å². The summed E-state index contributed by atoms with van der Waals surface area (Å²) in [6.07, 6.45) is -1.14. The maximum Gasteiger partial charge on any atom is 0.334 e. The predicted molar refractivity (Wildman–Crippen MR) is 75.3 cm³/mol. The van der Waals surface area contributed by atoms with Gasteiger partial charge in [0.25, 0.3) is 0 Å². The Balaban J connectivity index is 2.29. The van der Waals surface area contributed by atoms with Gasteiger partial charge in [-0.25, -0.2) is 13.2 Å². The van der Waals surface area contributed by atoms with Crippen molar-refractivity contribution < 1.29 is 23.1 Å². The molecule has 1 N–H and O–H groups in total. The number of carboxylic acids is 1. The summed E-state index contributed by atoms with van der Waals surface area (Å²) < 4.78 is 31.4. The predicted octanol–water partition coefficient (Wildman–Crippen LogP) is 1.58. The summed E-state index contributed by atoms with van der Waals surface area (Å²) in [5.41, 5.74) is 0. The van der Waals surface area contributed by atoms with Crippen LogP contribution in [0.1, 0.15) is 0 Å². The molecule has 1 atom stereocenters. The van der Waals surface area contributed by atoms with Crippen LogP contribution in [0.3, 0.4) is 0 Å². The molecule has 0 aromatic heterocycles. The minimum atomic E-state index is -3.77. The number of aliphatic carboxylic acids is 1. The third-order valence-electron chi connectivity index (χ3n) is 2.83. The molecule has 0 aliphatic carbocycles. The standard InChI is InChI=1S/C11H11BrClNO5S/c12-8-5-7(1-2-9(8)13)20(17,18)14-3-4-19-10(6-14)11(15)16/h1-2,5,10H,3-4,6H2,(H,15,16). The zero-order valence-corrected chi connectivity index (χ0v) is 13.3. The second-order valence-corrected chi connectivity index (χ2v) is 7.34. The highest BCUT2D eigenvalue weighted by atomic mass is 79.9. The van der Waals surface area contributed by atoms with E-state index in [1.165, 1.54) is 18.2 Å². The molecule has 1 unspecified atom stereocenters. The molecule has 1 fully saturated rings. The summed E-state index contributed by atoms with van der Waals surface area (Å²) in [4.78, 5) is 10.9. The molecule has 1 aliphatic rings. The van der Waals surface area contributed by atoms with Crippen LogP contribution in [0, 0.1) is 0 Å². The van der Waals surface area contributed by atoms with E-state index in [1.807, 2.05) is 0 Å². The zero-order valence-electron chi connectivity index (χ0n) is 10.1. The summed E-state index contributed by atoms with van der Waals surface area (Å²) in [5.74, 6) is -1.18. The van der Waals surface area contributed by atoms with Crippen LogP contribution in [-0.4, -0.2) is 49.6 Å². The van der Waals surface area contributed by atoms with E-state index in [2.05, 4.69) is 15.9 Å². The zero-order chi connectivity index (χ0) is 14.9. The van der Waals surface area contributed by atoms with Crippen molar-refractivity contribution in [1.29, 1.82) is 0 Å². The average molecular weight is 385 g/mol. The van der Waals surface area contributed by atoms with E-state index in [4.69, 9.17) is 21.4 Å². The molecule has 0 radical (unpaired) electrons. The largest absolute Gasteiger partial charge is 0.479 e. The first-order valence-corrected chi connectivity index (χ1v) is 8.23. The summed E-state index contributed by atoms with van der Waals surface area (Å²) in [7, 11) is -3.77. The molecule has 0 bridgehead atoms. The number of carbonyl (C=O) groups is 1. The molecular weight excluding hydrogens is 374 g/mol. The number of ether oxygens (including phenoxy) is 1. The lowest BCUT2D eigenvalue weighted by molar-refractivity contribution is -0.153. The van der Waals surface area contributed by atoms with Gasteiger partial charge in [-0.15, -0.1) is 0 Å². The second kappa shape index (κ2) is 5.98. The molecule has 110 valence electrons. The van der Waals surface area contributed by atoms with Gasteiger partial charge in [0.2, 0.25) is 10.0 Å². The first-order valence-electron chi connectivity index (χ1n) is 5.62. The van der Waals surface area contributed by atoms with E-state index in [1.54, 1.807) is 0 Å². The van der Waals surface area contributed by atoms with Gasteiger partial charge in [0.05, 0.1) is 23.1 Å². The highest BCUT2D eigenvalue weighted by Gasteiger charge is 2.34. The third-order valence-corrected chi connectivity index (χ3v) is 5.91. The summed E-state index contributed by atoms with van der Waals surface area (Å²) in [6, 6.07) is 4.24. The molecule has 0 spiro atoms. The van der Waals surface area contributed by atoms with Crippen molar-refractivity contribution in [3.8, 4) is 0 Å². The first kappa shape index (κ1) is 15.7. The van der Waals surface area contributed by atoms with E-state index < -0.39 is 22.1 Å². The summed E-state index contributed by atoms with van der Waals surface area (Å²) in [5, 5.41) is 9.30. The van der Waals surface area contributed by atoms with E-state index >= 15 is 0 Å². The van der Waals surface area contributed by atoms with Crippen molar-refractivity contribution in [1.82, 2.24) is 4.31 Å². The van der Waals surface area contributed by atoms with Crippen LogP contribution in [-0.2, 0) is 19.6 Å². The number of rotatable bonds is 3. The van der Waals surface area contributed by atoms with Gasteiger partial charge in [-0.3, -0.25) is 0 Å². The molecule has 1 aliphatic heterocycles. The third kappa shape index (κ3) is 3.15. The highest BCUT2D eigenvalue weighted by molar-refractivity contribution is 9.10. The molecule has 0 saturated carbocycles. The van der Waals surface area contributed by atoms with Gasteiger partial charge >= 0.3 is 5.97 Å². The number of sulfonamides is 1. The summed E-state index contributed by atoms with van der Waals surface area (Å²) >= 11 is 8.99. The fourth-order valence-electron chi connectivity index (χ4n) is 1.78. The lowest BCUT2D eigenvalue weighted by Crippen LogP contribution is -2.48. The Morgan fingerprint density at radius 2 is 2.20 bits per heavy atom. The van der Waals surface area contributed by atoms with Crippen LogP contribution in [0.2, 0.25) is 5.02 Å². The number of hydrogen-bond acceptors (Lipinski definition) is 4. The van der Waals surface area contributed by atoms with Crippen molar-refractivity contribution in [2.45, 2.75) is 11.0 Å². The van der Waals surface area contributed by atoms with Crippen molar-refractivity contribution in [3.63, 3.8) is 0 Å². The monoisotopic (exact) mass is 383 g/mol. The first-order chi connectivity index (χ1) is 9.32. The lowest BCUT2D eigenvalue weighted by atomic mass is 10.3. The molecule has 9 heteroatoms. The molecule has 1 saturated heterocycles. The van der Waals surface area contributed by atoms with E-state index in [9.17, 15) is 13.2 Å². The van der Waals surface area contributed by atoms with Gasteiger partial charge < -0.3 is 9.84 Å². The van der Waals surface area contributed by atoms with Gasteiger partial charge in [0.15, 0.2) is 6.10 Å². The van der Waals surface area contributed by atoms with Crippen LogP contribution in [0.15, 0.2) is 27.6 Å². The SMILES string of the molecule is O=C(O)C1CN(S(=O)(=O)c2ccc(Cl)c(Br)c2)CCO1. The molecule has 1 heterocycles. The Hall–Kier alpha value is -0.670. The van der Waals surface area contributed by atoms with Crippen LogP contribution in [0.5, 0.6) is 0 Å². The fraction of sp³-hybridized carbons (Fsp3) is 0.364. The smallest absolute Gasteiger partial charge is 0.334 e. The Labute approximate surface area is 129 Å². The van der Waals surface area contributed by atoms with Crippen molar-refractivity contribution in [2.24, 2.45) is 0 Å². The van der Waals surface area contributed by atoms with Crippen LogP contribution < -0.4 is 0 Å². The Morgan fingerprint density at radius 1 is 1.50 bits per heavy atom. The van der Waals surface area contributed by atoms with Gasteiger partial charge in [-0.2, -0.15) is 4.31 Å². The van der Waals surface area contributed by atoms with Gasteiger partial charge in [-0.05, 0) is 34.1 Å². The minimum Gasteiger partial charge on any atom is -0.479 e. The van der Waals surface area contributed by atoms with Crippen molar-refractivity contribution in [2.75, 3.05) is 19.7 Å². The van der Waals surface area contributed by atoms with Crippen molar-refractivity contribution in [3.05, 3.63) is 27.7 Å². The van der Waals surface area contributed by atoms with Gasteiger partial charge in [-0.1, -0.05) is 11.6 Å². The number of nitrogens with zero attached hydrogens (tertiary/aromatic N) is 1. The van der Waals surface area contributed by atoms with E-state index in [0.29, 0.717) is 9.50 Å². The van der Waals surface area contributed by atoms with E-state index in [-0.39, 0.29) is 24.6 Å². The number of hydrogen-bond donors (Lipinski definition) is 1. The van der Waals surface area contributed by atoms with Crippen LogP contribution in [0.4, 0.5) is 0 Å². The Kier molecular flexibility index (Phi) is 4.70. The maximum absolute atomic E-state index is 12.4. The van der Waals surface area contributed by atoms with Crippen LogP contribution >= 0.6 is 27.5 Å². The summed E-state index contributed by atoms with van der Waals surface area (Å²) in [6.45, 7) is -0.0464. The normalized spacial score (nSPS) is 20.8. The lowest BCUT2D eigenvalue weighted by Gasteiger charge is -2.30. The highest BCUT2D eigenvalue weighted by Crippen LogP contribution is 2.27. The fourth-order valence-corrected chi connectivity index (χ4v) is 3.88. The molecule has 0 amide bonds. The molecule has 1 aromatic rings. The number of carboxylic acid groups (broad SMARTS) is 1. The maximum atomic E-state index is 12.4. The second-order valence-electron chi connectivity index (χ2n) is 4.14.